The maximum absolute atomic E-state index is 10.7. The summed E-state index contributed by atoms with van der Waals surface area (Å²) < 4.78 is 5.21. The molecule has 0 radical (unpaired) electrons. The summed E-state index contributed by atoms with van der Waals surface area (Å²) >= 11 is 0. The number of hydrogen-bond acceptors (Lipinski definition) is 4. The van der Waals surface area contributed by atoms with Gasteiger partial charge < -0.3 is 14.9 Å². The topological polar surface area (TPSA) is 79.7 Å². The first kappa shape index (κ1) is 11.5. The lowest BCUT2D eigenvalue weighted by atomic mass is 10.3. The first-order valence-electron chi connectivity index (χ1n) is 4.60. The molecule has 5 nitrogen and oxygen atoms in total. The molecule has 2 N–H and O–H groups in total. The van der Waals surface area contributed by atoms with Gasteiger partial charge in [0.05, 0.1) is 12.7 Å². The van der Waals surface area contributed by atoms with Crippen molar-refractivity contribution in [1.29, 1.82) is 0 Å². The summed E-state index contributed by atoms with van der Waals surface area (Å²) in [6.45, 7) is 1.91. The molecule has 0 aliphatic carbocycles. The Morgan fingerprint density at radius 2 is 2.40 bits per heavy atom. The zero-order valence-corrected chi connectivity index (χ0v) is 8.38. The lowest BCUT2D eigenvalue weighted by Gasteiger charge is -2.08. The lowest BCUT2D eigenvalue weighted by molar-refractivity contribution is 0.0684. The Morgan fingerprint density at radius 3 is 3.00 bits per heavy atom. The second-order valence-electron chi connectivity index (χ2n) is 3.14. The number of aliphatic hydroxyl groups is 1. The fourth-order valence-electron chi connectivity index (χ4n) is 1.01. The van der Waals surface area contributed by atoms with Crippen molar-refractivity contribution in [2.24, 2.45) is 0 Å². The van der Waals surface area contributed by atoms with Crippen molar-refractivity contribution in [3.8, 4) is 5.75 Å². The number of aromatic nitrogens is 1. The maximum atomic E-state index is 10.7. The Morgan fingerprint density at radius 1 is 1.67 bits per heavy atom. The number of nitrogens with zero attached hydrogens (tertiary/aromatic N) is 1. The monoisotopic (exact) mass is 211 g/mol. The minimum Gasteiger partial charge on any atom is -0.491 e. The number of carboxylic acid groups (broad SMARTS) is 1. The van der Waals surface area contributed by atoms with E-state index in [2.05, 4.69) is 4.98 Å². The maximum Gasteiger partial charge on any atom is 0.358 e. The van der Waals surface area contributed by atoms with Crippen molar-refractivity contribution in [3.63, 3.8) is 0 Å². The predicted molar refractivity (Wildman–Crippen MR) is 53.0 cm³/mol. The number of aliphatic hydroxyl groups excluding tert-OH is 1. The fraction of sp³-hybridized carbons (Fsp3) is 0.400. The number of rotatable bonds is 5. The first-order valence-corrected chi connectivity index (χ1v) is 4.60. The summed E-state index contributed by atoms with van der Waals surface area (Å²) in [5.74, 6) is -0.895. The Bertz CT molecular complexity index is 338. The van der Waals surface area contributed by atoms with Gasteiger partial charge in [-0.1, -0.05) is 0 Å². The van der Waals surface area contributed by atoms with Gasteiger partial charge in [-0.05, 0) is 19.1 Å². The normalized spacial score (nSPS) is 12.1. The summed E-state index contributed by atoms with van der Waals surface area (Å²) in [7, 11) is 0. The molecule has 0 saturated heterocycles. The highest BCUT2D eigenvalue weighted by atomic mass is 16.5. The van der Waals surface area contributed by atoms with Crippen molar-refractivity contribution in [3.05, 3.63) is 24.0 Å². The molecule has 1 aromatic rings. The molecule has 0 aliphatic heterocycles. The van der Waals surface area contributed by atoms with Gasteiger partial charge in [-0.15, -0.1) is 0 Å². The Labute approximate surface area is 87.3 Å². The van der Waals surface area contributed by atoms with Crippen LogP contribution in [-0.2, 0) is 0 Å². The van der Waals surface area contributed by atoms with Crippen molar-refractivity contribution >= 4 is 5.97 Å². The van der Waals surface area contributed by atoms with Crippen LogP contribution in [0.5, 0.6) is 5.75 Å². The van der Waals surface area contributed by atoms with E-state index in [-0.39, 0.29) is 18.1 Å². The predicted octanol–water partition coefficient (Wildman–Crippen LogP) is 0.929. The molecular formula is C10H13NO4. The van der Waals surface area contributed by atoms with Gasteiger partial charge in [0.15, 0.2) is 11.4 Å². The van der Waals surface area contributed by atoms with Gasteiger partial charge in [0, 0.05) is 12.6 Å². The quantitative estimate of drug-likeness (QED) is 0.757. The van der Waals surface area contributed by atoms with Crippen LogP contribution in [0.2, 0.25) is 0 Å². The van der Waals surface area contributed by atoms with E-state index in [1.54, 1.807) is 19.1 Å². The van der Waals surface area contributed by atoms with Gasteiger partial charge in [0.2, 0.25) is 0 Å². The average molecular weight is 211 g/mol. The van der Waals surface area contributed by atoms with Crippen LogP contribution in [0.1, 0.15) is 23.8 Å². The summed E-state index contributed by atoms with van der Waals surface area (Å²) in [5, 5.41) is 17.8. The van der Waals surface area contributed by atoms with E-state index in [1.807, 2.05) is 0 Å². The average Bonchev–Trinajstić information content (AvgIpc) is 2.17. The van der Waals surface area contributed by atoms with Gasteiger partial charge in [-0.2, -0.15) is 0 Å². The van der Waals surface area contributed by atoms with Crippen molar-refractivity contribution in [1.82, 2.24) is 4.98 Å². The zero-order valence-electron chi connectivity index (χ0n) is 8.38. The molecule has 0 aliphatic rings. The van der Waals surface area contributed by atoms with Gasteiger partial charge in [0.1, 0.15) is 0 Å². The summed E-state index contributed by atoms with van der Waals surface area (Å²) in [6, 6.07) is 3.14. The van der Waals surface area contributed by atoms with Crippen molar-refractivity contribution in [2.45, 2.75) is 19.4 Å². The van der Waals surface area contributed by atoms with Crippen LogP contribution in [0.3, 0.4) is 0 Å². The molecule has 1 atom stereocenters. The molecule has 1 aromatic heterocycles. The van der Waals surface area contributed by atoms with Crippen LogP contribution in [-0.4, -0.2) is 33.9 Å². The van der Waals surface area contributed by atoms with E-state index in [4.69, 9.17) is 14.9 Å². The zero-order chi connectivity index (χ0) is 11.3. The van der Waals surface area contributed by atoms with Crippen molar-refractivity contribution < 1.29 is 19.7 Å². The van der Waals surface area contributed by atoms with Crippen molar-refractivity contribution in [2.75, 3.05) is 6.61 Å². The highest BCUT2D eigenvalue weighted by molar-refractivity contribution is 5.88. The summed E-state index contributed by atoms with van der Waals surface area (Å²) in [5.41, 5.74) is -0.108. The van der Waals surface area contributed by atoms with Crippen LogP contribution < -0.4 is 4.74 Å². The van der Waals surface area contributed by atoms with Crippen LogP contribution in [0.25, 0.3) is 0 Å². The van der Waals surface area contributed by atoms with Crippen LogP contribution in [0, 0.1) is 0 Å². The SMILES string of the molecule is CC(O)CCOc1cccnc1C(=O)O. The summed E-state index contributed by atoms with van der Waals surface area (Å²) in [6.07, 6.45) is 1.38. The second kappa shape index (κ2) is 5.31. The Balaban J connectivity index is 2.63. The number of carboxylic acids is 1. The lowest BCUT2D eigenvalue weighted by Crippen LogP contribution is -2.10. The molecule has 0 aromatic carbocycles. The molecule has 0 amide bonds. The van der Waals surface area contributed by atoms with Crippen LogP contribution in [0.4, 0.5) is 0 Å². The Hall–Kier alpha value is -1.62. The molecular weight excluding hydrogens is 198 g/mol. The van der Waals surface area contributed by atoms with Gasteiger partial charge >= 0.3 is 5.97 Å². The number of pyridine rings is 1. The Kier molecular flexibility index (Phi) is 4.05. The number of aromatic carboxylic acids is 1. The highest BCUT2D eigenvalue weighted by Crippen LogP contribution is 2.15. The van der Waals surface area contributed by atoms with Crippen LogP contribution in [0.15, 0.2) is 18.3 Å². The van der Waals surface area contributed by atoms with E-state index in [9.17, 15) is 4.79 Å². The van der Waals surface area contributed by atoms with E-state index in [0.29, 0.717) is 6.42 Å². The molecule has 82 valence electrons. The van der Waals surface area contributed by atoms with Gasteiger partial charge in [-0.25, -0.2) is 9.78 Å². The third-order valence-corrected chi connectivity index (χ3v) is 1.77. The third-order valence-electron chi connectivity index (χ3n) is 1.77. The smallest absolute Gasteiger partial charge is 0.358 e. The van der Waals surface area contributed by atoms with E-state index < -0.39 is 12.1 Å². The molecule has 1 rings (SSSR count). The minimum absolute atomic E-state index is 0.108. The number of ether oxygens (including phenoxy) is 1. The minimum atomic E-state index is -1.12. The molecule has 0 saturated carbocycles. The third kappa shape index (κ3) is 3.55. The molecule has 0 spiro atoms. The molecule has 15 heavy (non-hydrogen) atoms. The van der Waals surface area contributed by atoms with Gasteiger partial charge in [0.25, 0.3) is 0 Å². The molecule has 5 heteroatoms. The van der Waals surface area contributed by atoms with E-state index in [1.165, 1.54) is 6.20 Å². The first-order chi connectivity index (χ1) is 7.11. The second-order valence-corrected chi connectivity index (χ2v) is 3.14. The highest BCUT2D eigenvalue weighted by Gasteiger charge is 2.11. The molecule has 1 heterocycles. The number of hydrogen-bond donors (Lipinski definition) is 2. The van der Waals surface area contributed by atoms with E-state index >= 15 is 0 Å². The summed E-state index contributed by atoms with van der Waals surface area (Å²) in [4.78, 5) is 14.4. The fourth-order valence-corrected chi connectivity index (χ4v) is 1.01. The molecule has 0 fully saturated rings. The standard InChI is InChI=1S/C10H13NO4/c1-7(12)4-6-15-8-3-2-5-11-9(8)10(13)14/h2-3,5,7,12H,4,6H2,1H3,(H,13,14). The van der Waals surface area contributed by atoms with Gasteiger partial charge in [-0.3, -0.25) is 0 Å². The molecule has 0 bridgehead atoms. The number of carbonyl (C=O) groups is 1. The molecule has 1 unspecified atom stereocenters. The van der Waals surface area contributed by atoms with E-state index in [0.717, 1.165) is 0 Å². The van der Waals surface area contributed by atoms with Crippen LogP contribution >= 0.6 is 0 Å². The largest absolute Gasteiger partial charge is 0.491 e.